The largest absolute Gasteiger partial charge is 0.457 e. The van der Waals surface area contributed by atoms with Gasteiger partial charge in [0, 0.05) is 10.6 Å². The Morgan fingerprint density at radius 3 is 2.65 bits per heavy atom. The molecular formula is C21H23ClN2O2. The Kier molecular flexibility index (Phi) is 5.64. The van der Waals surface area contributed by atoms with Gasteiger partial charge in [-0.3, -0.25) is 0 Å². The van der Waals surface area contributed by atoms with Crippen molar-refractivity contribution in [2.45, 2.75) is 33.6 Å². The second-order valence-electron chi connectivity index (χ2n) is 6.24. The molecule has 2 aromatic carbocycles. The first-order valence-corrected chi connectivity index (χ1v) is 9.12. The molecule has 0 saturated carbocycles. The van der Waals surface area contributed by atoms with E-state index >= 15 is 0 Å². The predicted molar refractivity (Wildman–Crippen MR) is 105 cm³/mol. The Labute approximate surface area is 159 Å². The van der Waals surface area contributed by atoms with E-state index in [4.69, 9.17) is 26.5 Å². The van der Waals surface area contributed by atoms with Gasteiger partial charge in [0.2, 0.25) is 0 Å². The first-order chi connectivity index (χ1) is 12.5. The summed E-state index contributed by atoms with van der Waals surface area (Å²) in [6.45, 7) is 6.61. The summed E-state index contributed by atoms with van der Waals surface area (Å²) >= 11 is 6.20. The molecule has 0 fully saturated rings. The zero-order chi connectivity index (χ0) is 18.7. The van der Waals surface area contributed by atoms with Gasteiger partial charge in [-0.15, -0.1) is 0 Å². The number of hydrogen-bond donors (Lipinski definition) is 1. The molecule has 1 heterocycles. The molecule has 0 atom stereocenters. The molecule has 26 heavy (non-hydrogen) atoms. The Morgan fingerprint density at radius 2 is 1.92 bits per heavy atom. The molecule has 0 spiro atoms. The van der Waals surface area contributed by atoms with Gasteiger partial charge < -0.3 is 14.9 Å². The fraction of sp³-hybridized carbons (Fsp3) is 0.286. The van der Waals surface area contributed by atoms with Gasteiger partial charge >= 0.3 is 0 Å². The second kappa shape index (κ2) is 7.94. The number of oxazole rings is 1. The number of aryl methyl sites for hydroxylation is 1. The molecular weight excluding hydrogens is 348 g/mol. The number of hydrogen-bond acceptors (Lipinski definition) is 4. The van der Waals surface area contributed by atoms with E-state index in [-0.39, 0.29) is 0 Å². The van der Waals surface area contributed by atoms with Gasteiger partial charge in [-0.05, 0) is 68.1 Å². The average Bonchev–Trinajstić information content (AvgIpc) is 3.12. The van der Waals surface area contributed by atoms with Gasteiger partial charge in [-0.25, -0.2) is 4.98 Å². The van der Waals surface area contributed by atoms with Crippen LogP contribution in [0.15, 0.2) is 41.1 Å². The van der Waals surface area contributed by atoms with E-state index in [2.05, 4.69) is 11.9 Å². The number of rotatable bonds is 6. The fourth-order valence-electron chi connectivity index (χ4n) is 2.90. The maximum atomic E-state index is 6.26. The van der Waals surface area contributed by atoms with Crippen molar-refractivity contribution in [1.82, 2.24) is 4.98 Å². The van der Waals surface area contributed by atoms with Crippen LogP contribution in [-0.4, -0.2) is 11.5 Å². The van der Waals surface area contributed by atoms with Crippen LogP contribution in [-0.2, 0) is 12.8 Å². The lowest BCUT2D eigenvalue weighted by Crippen LogP contribution is -2.04. The standard InChI is InChI=1S/C21H23ClN2O2/c1-4-18-21(25-12-24-18)16-6-5-15(9-10-23)20(11-16)26-19-8-7-17(22)13(2)14(19)3/h5-8,11-12H,4,9-10,23H2,1-3H3. The van der Waals surface area contributed by atoms with Crippen LogP contribution in [0.1, 0.15) is 29.3 Å². The van der Waals surface area contributed by atoms with Crippen molar-refractivity contribution in [3.05, 3.63) is 64.1 Å². The molecule has 0 saturated heterocycles. The molecule has 3 aromatic rings. The number of nitrogens with two attached hydrogens (primary N) is 1. The molecule has 2 N–H and O–H groups in total. The minimum absolute atomic E-state index is 0.552. The Balaban J connectivity index is 2.04. The van der Waals surface area contributed by atoms with Gasteiger partial charge in [0.1, 0.15) is 11.5 Å². The first-order valence-electron chi connectivity index (χ1n) is 8.74. The van der Waals surface area contributed by atoms with Crippen molar-refractivity contribution < 1.29 is 9.15 Å². The summed E-state index contributed by atoms with van der Waals surface area (Å²) in [7, 11) is 0. The number of benzene rings is 2. The van der Waals surface area contributed by atoms with Gasteiger partial charge in [-0.2, -0.15) is 0 Å². The van der Waals surface area contributed by atoms with E-state index in [0.717, 1.165) is 63.1 Å². The zero-order valence-corrected chi connectivity index (χ0v) is 16.1. The Morgan fingerprint density at radius 1 is 1.12 bits per heavy atom. The van der Waals surface area contributed by atoms with Crippen LogP contribution < -0.4 is 10.5 Å². The van der Waals surface area contributed by atoms with E-state index in [0.29, 0.717) is 6.54 Å². The average molecular weight is 371 g/mol. The minimum Gasteiger partial charge on any atom is -0.457 e. The third kappa shape index (κ3) is 3.62. The van der Waals surface area contributed by atoms with Crippen molar-refractivity contribution in [3.8, 4) is 22.8 Å². The Hall–Kier alpha value is -2.30. The molecule has 0 amide bonds. The number of aromatic nitrogens is 1. The third-order valence-electron chi connectivity index (χ3n) is 4.61. The smallest absolute Gasteiger partial charge is 0.181 e. The molecule has 1 aromatic heterocycles. The number of halogens is 1. The van der Waals surface area contributed by atoms with Crippen LogP contribution in [0.25, 0.3) is 11.3 Å². The van der Waals surface area contributed by atoms with Crippen molar-refractivity contribution in [2.75, 3.05) is 6.54 Å². The monoisotopic (exact) mass is 370 g/mol. The normalized spacial score (nSPS) is 11.0. The zero-order valence-electron chi connectivity index (χ0n) is 15.3. The number of nitrogens with zero attached hydrogens (tertiary/aromatic N) is 1. The van der Waals surface area contributed by atoms with Crippen LogP contribution in [0.2, 0.25) is 5.02 Å². The molecule has 0 bridgehead atoms. The van der Waals surface area contributed by atoms with Crippen LogP contribution >= 0.6 is 11.6 Å². The summed E-state index contributed by atoms with van der Waals surface area (Å²) < 4.78 is 11.9. The predicted octanol–water partition coefficient (Wildman–Crippen LogP) is 5.47. The second-order valence-corrected chi connectivity index (χ2v) is 6.65. The third-order valence-corrected chi connectivity index (χ3v) is 5.02. The van der Waals surface area contributed by atoms with Crippen molar-refractivity contribution in [1.29, 1.82) is 0 Å². The van der Waals surface area contributed by atoms with Crippen LogP contribution in [0.3, 0.4) is 0 Å². The lowest BCUT2D eigenvalue weighted by molar-refractivity contribution is 0.472. The van der Waals surface area contributed by atoms with Crippen molar-refractivity contribution >= 4 is 11.6 Å². The lowest BCUT2D eigenvalue weighted by Gasteiger charge is -2.15. The molecule has 0 unspecified atom stereocenters. The highest BCUT2D eigenvalue weighted by molar-refractivity contribution is 6.31. The summed E-state index contributed by atoms with van der Waals surface area (Å²) in [5.74, 6) is 2.34. The fourth-order valence-corrected chi connectivity index (χ4v) is 3.11. The molecule has 0 aliphatic carbocycles. The highest BCUT2D eigenvalue weighted by Crippen LogP contribution is 2.35. The Bertz CT molecular complexity index is 918. The van der Waals surface area contributed by atoms with Gasteiger partial charge in [0.15, 0.2) is 12.2 Å². The van der Waals surface area contributed by atoms with Crippen molar-refractivity contribution in [3.63, 3.8) is 0 Å². The molecule has 136 valence electrons. The maximum Gasteiger partial charge on any atom is 0.181 e. The topological polar surface area (TPSA) is 61.3 Å². The summed E-state index contributed by atoms with van der Waals surface area (Å²) in [6, 6.07) is 9.82. The van der Waals surface area contributed by atoms with Crippen LogP contribution in [0.4, 0.5) is 0 Å². The molecule has 0 radical (unpaired) electrons. The molecule has 0 aliphatic rings. The van der Waals surface area contributed by atoms with E-state index in [1.165, 1.54) is 6.39 Å². The van der Waals surface area contributed by atoms with Gasteiger partial charge in [-0.1, -0.05) is 30.7 Å². The van der Waals surface area contributed by atoms with E-state index in [9.17, 15) is 0 Å². The summed E-state index contributed by atoms with van der Waals surface area (Å²) in [5, 5.41) is 0.736. The summed E-state index contributed by atoms with van der Waals surface area (Å²) in [4.78, 5) is 4.28. The van der Waals surface area contributed by atoms with Gasteiger partial charge in [0.05, 0.1) is 5.69 Å². The van der Waals surface area contributed by atoms with Crippen LogP contribution in [0.5, 0.6) is 11.5 Å². The molecule has 5 heteroatoms. The van der Waals surface area contributed by atoms with E-state index in [1.807, 2.05) is 44.2 Å². The van der Waals surface area contributed by atoms with E-state index in [1.54, 1.807) is 0 Å². The summed E-state index contributed by atoms with van der Waals surface area (Å²) in [5.41, 5.74) is 10.7. The first kappa shape index (κ1) is 18.5. The maximum absolute atomic E-state index is 6.26. The number of ether oxygens (including phenoxy) is 1. The molecule has 0 aliphatic heterocycles. The van der Waals surface area contributed by atoms with Crippen molar-refractivity contribution in [2.24, 2.45) is 5.73 Å². The molecule has 4 nitrogen and oxygen atoms in total. The minimum atomic E-state index is 0.552. The van der Waals surface area contributed by atoms with E-state index < -0.39 is 0 Å². The highest BCUT2D eigenvalue weighted by atomic mass is 35.5. The quantitative estimate of drug-likeness (QED) is 0.625. The SMILES string of the molecule is CCc1ncoc1-c1ccc(CCN)c(Oc2ccc(Cl)c(C)c2C)c1. The highest BCUT2D eigenvalue weighted by Gasteiger charge is 2.14. The molecule has 3 rings (SSSR count). The lowest BCUT2D eigenvalue weighted by atomic mass is 10.0. The van der Waals surface area contributed by atoms with Crippen LogP contribution in [0, 0.1) is 13.8 Å². The summed E-state index contributed by atoms with van der Waals surface area (Å²) in [6.07, 6.45) is 3.02. The van der Waals surface area contributed by atoms with Gasteiger partial charge in [0.25, 0.3) is 0 Å².